The van der Waals surface area contributed by atoms with Gasteiger partial charge in [-0.2, -0.15) is 18.3 Å². The van der Waals surface area contributed by atoms with E-state index < -0.39 is 11.8 Å². The molecule has 5 nitrogen and oxygen atoms in total. The molecule has 0 radical (unpaired) electrons. The molecule has 0 amide bonds. The Hall–Kier alpha value is -3.13. The summed E-state index contributed by atoms with van der Waals surface area (Å²) in [6, 6.07) is 8.62. The third kappa shape index (κ3) is 2.91. The average Bonchev–Trinajstić information content (AvgIpc) is 3.20. The van der Waals surface area contributed by atoms with Crippen molar-refractivity contribution in [2.45, 2.75) is 18.7 Å². The van der Waals surface area contributed by atoms with Crippen LogP contribution < -0.4 is 4.74 Å². The number of ether oxygens (including phenoxy) is 1. The van der Waals surface area contributed by atoms with Crippen molar-refractivity contribution in [3.05, 3.63) is 59.9 Å². The zero-order valence-corrected chi connectivity index (χ0v) is 15.6. The van der Waals surface area contributed by atoms with Crippen LogP contribution in [0.25, 0.3) is 22.3 Å². The maximum Gasteiger partial charge on any atom is 0.425 e. The molecule has 150 valence electrons. The predicted molar refractivity (Wildman–Crippen MR) is 99.3 cm³/mol. The molecule has 3 aromatic rings. The maximum atomic E-state index is 14.1. The predicted octanol–water partition coefficient (Wildman–Crippen LogP) is 3.83. The summed E-state index contributed by atoms with van der Waals surface area (Å²) in [7, 11) is 1.69. The lowest BCUT2D eigenvalue weighted by molar-refractivity contribution is -0.246. The van der Waals surface area contributed by atoms with Gasteiger partial charge in [-0.1, -0.05) is 24.3 Å². The molecule has 0 saturated heterocycles. The van der Waals surface area contributed by atoms with Gasteiger partial charge in [-0.25, -0.2) is 0 Å². The van der Waals surface area contributed by atoms with Crippen LogP contribution in [-0.2, 0) is 17.4 Å². The second-order valence-electron chi connectivity index (χ2n) is 7.04. The average molecular weight is 402 g/mol. The molecule has 2 aromatic carbocycles. The summed E-state index contributed by atoms with van der Waals surface area (Å²) >= 11 is 0. The second-order valence-corrected chi connectivity index (χ2v) is 7.04. The van der Waals surface area contributed by atoms with Gasteiger partial charge in [-0.05, 0) is 35.7 Å². The van der Waals surface area contributed by atoms with Gasteiger partial charge in [0.1, 0.15) is 12.4 Å². The molecular formula is C21H17F3N2O3. The highest BCUT2D eigenvalue weighted by atomic mass is 19.4. The minimum absolute atomic E-state index is 0.0632. The SMILES string of the molecule is CC(=O)COc1cc(-c2cnn(C)c2)c2c(c1)C(O)(C(F)(F)F)c1ccccc1-2. The molecule has 0 aliphatic heterocycles. The number of hydrogen-bond acceptors (Lipinski definition) is 4. The molecule has 29 heavy (non-hydrogen) atoms. The number of fused-ring (bicyclic) bond motifs is 3. The van der Waals surface area contributed by atoms with Crippen LogP contribution in [0.1, 0.15) is 18.1 Å². The van der Waals surface area contributed by atoms with Crippen molar-refractivity contribution in [3.63, 3.8) is 0 Å². The Balaban J connectivity index is 2.05. The summed E-state index contributed by atoms with van der Waals surface area (Å²) in [5, 5.41) is 15.0. The number of alkyl halides is 3. The summed E-state index contributed by atoms with van der Waals surface area (Å²) < 4.78 is 49.3. The van der Waals surface area contributed by atoms with Crippen molar-refractivity contribution in [1.82, 2.24) is 9.78 Å². The lowest BCUT2D eigenvalue weighted by Gasteiger charge is -2.28. The van der Waals surface area contributed by atoms with Crippen LogP contribution in [0.3, 0.4) is 0 Å². The molecule has 1 unspecified atom stereocenters. The summed E-state index contributed by atoms with van der Waals surface area (Å²) in [5.41, 5.74) is -2.20. The van der Waals surface area contributed by atoms with Gasteiger partial charge in [-0.15, -0.1) is 0 Å². The van der Waals surface area contributed by atoms with Crippen LogP contribution in [0.5, 0.6) is 5.75 Å². The van der Waals surface area contributed by atoms with E-state index in [1.807, 2.05) is 0 Å². The van der Waals surface area contributed by atoms with Gasteiger partial charge >= 0.3 is 6.18 Å². The van der Waals surface area contributed by atoms with E-state index >= 15 is 0 Å². The van der Waals surface area contributed by atoms with Gasteiger partial charge in [0.05, 0.1) is 6.20 Å². The fourth-order valence-electron chi connectivity index (χ4n) is 3.71. The van der Waals surface area contributed by atoms with E-state index in [0.717, 1.165) is 6.07 Å². The van der Waals surface area contributed by atoms with Gasteiger partial charge < -0.3 is 9.84 Å². The van der Waals surface area contributed by atoms with E-state index in [-0.39, 0.29) is 34.8 Å². The first-order valence-corrected chi connectivity index (χ1v) is 8.81. The number of halogens is 3. The largest absolute Gasteiger partial charge is 0.486 e. The first kappa shape index (κ1) is 19.2. The number of aryl methyl sites for hydroxylation is 1. The second kappa shape index (κ2) is 6.45. The molecule has 1 aliphatic carbocycles. The van der Waals surface area contributed by atoms with Gasteiger partial charge in [0.25, 0.3) is 0 Å². The number of Topliss-reactive ketones (excluding diaryl/α,β-unsaturated/α-hetero) is 1. The molecule has 8 heteroatoms. The van der Waals surface area contributed by atoms with Gasteiger partial charge in [0.2, 0.25) is 5.60 Å². The van der Waals surface area contributed by atoms with E-state index in [9.17, 15) is 23.1 Å². The molecule has 1 aromatic heterocycles. The first-order valence-electron chi connectivity index (χ1n) is 8.81. The van der Waals surface area contributed by atoms with Crippen molar-refractivity contribution >= 4 is 5.78 Å². The van der Waals surface area contributed by atoms with Crippen LogP contribution in [0, 0.1) is 0 Å². The Labute approximate surface area is 164 Å². The van der Waals surface area contributed by atoms with E-state index in [1.54, 1.807) is 31.4 Å². The number of rotatable bonds is 4. The summed E-state index contributed by atoms with van der Waals surface area (Å²) in [6.07, 6.45) is -1.77. The monoisotopic (exact) mass is 402 g/mol. The molecule has 1 aliphatic rings. The molecule has 0 saturated carbocycles. The molecule has 0 fully saturated rings. The smallest absolute Gasteiger partial charge is 0.425 e. The van der Waals surface area contributed by atoms with Crippen molar-refractivity contribution < 1.29 is 27.8 Å². The van der Waals surface area contributed by atoms with Gasteiger partial charge in [0.15, 0.2) is 5.78 Å². The number of ketones is 1. The van der Waals surface area contributed by atoms with Crippen LogP contribution in [0.2, 0.25) is 0 Å². The lowest BCUT2D eigenvalue weighted by Crippen LogP contribution is -2.41. The topological polar surface area (TPSA) is 64.3 Å². The number of benzene rings is 2. The Morgan fingerprint density at radius 1 is 1.21 bits per heavy atom. The van der Waals surface area contributed by atoms with Crippen LogP contribution in [-0.4, -0.2) is 33.5 Å². The summed E-state index contributed by atoms with van der Waals surface area (Å²) in [5.74, 6) is -0.212. The third-order valence-electron chi connectivity index (χ3n) is 4.96. The molecule has 1 N–H and O–H groups in total. The summed E-state index contributed by atoms with van der Waals surface area (Å²) in [4.78, 5) is 11.3. The standard InChI is InChI=1S/C21H17F3N2O3/c1-12(27)11-29-14-7-16(13-9-25-26(2)10-13)19-15-5-3-4-6-17(15)20(28,18(19)8-14)21(22,23)24/h3-10,28H,11H2,1-2H3. The van der Waals surface area contributed by atoms with Crippen molar-refractivity contribution in [1.29, 1.82) is 0 Å². The highest BCUT2D eigenvalue weighted by Gasteiger charge is 2.61. The number of carbonyl (C=O) groups excluding carboxylic acids is 1. The van der Waals surface area contributed by atoms with Crippen molar-refractivity contribution in [2.24, 2.45) is 7.05 Å². The minimum atomic E-state index is -4.96. The zero-order valence-electron chi connectivity index (χ0n) is 15.6. The molecule has 1 heterocycles. The fraction of sp³-hybridized carbons (Fsp3) is 0.238. The number of aromatic nitrogens is 2. The molecule has 4 rings (SSSR count). The molecule has 0 bridgehead atoms. The van der Waals surface area contributed by atoms with E-state index in [2.05, 4.69) is 5.10 Å². The lowest BCUT2D eigenvalue weighted by atomic mass is 9.89. The first-order chi connectivity index (χ1) is 13.6. The summed E-state index contributed by atoms with van der Waals surface area (Å²) in [6.45, 7) is 1.03. The quantitative estimate of drug-likeness (QED) is 0.720. The number of carbonyl (C=O) groups is 1. The number of nitrogens with zero attached hydrogens (tertiary/aromatic N) is 2. The van der Waals surface area contributed by atoms with E-state index in [1.165, 1.54) is 29.9 Å². The number of aliphatic hydroxyl groups is 1. The van der Waals surface area contributed by atoms with E-state index in [0.29, 0.717) is 16.7 Å². The third-order valence-corrected chi connectivity index (χ3v) is 4.96. The van der Waals surface area contributed by atoms with E-state index in [4.69, 9.17) is 4.74 Å². The normalized spacial score (nSPS) is 17.7. The van der Waals surface area contributed by atoms with Gasteiger partial charge in [-0.3, -0.25) is 9.48 Å². The van der Waals surface area contributed by atoms with Crippen LogP contribution in [0.4, 0.5) is 13.2 Å². The van der Waals surface area contributed by atoms with Crippen molar-refractivity contribution in [3.8, 4) is 28.0 Å². The van der Waals surface area contributed by atoms with Gasteiger partial charge in [0, 0.05) is 29.9 Å². The van der Waals surface area contributed by atoms with Crippen molar-refractivity contribution in [2.75, 3.05) is 6.61 Å². The van der Waals surface area contributed by atoms with Crippen LogP contribution in [0.15, 0.2) is 48.8 Å². The molecule has 0 spiro atoms. The Kier molecular flexibility index (Phi) is 4.27. The molecule has 1 atom stereocenters. The molecular weight excluding hydrogens is 385 g/mol. The minimum Gasteiger partial charge on any atom is -0.486 e. The zero-order chi connectivity index (χ0) is 21.0. The Bertz CT molecular complexity index is 1120. The highest BCUT2D eigenvalue weighted by Crippen LogP contribution is 2.58. The highest BCUT2D eigenvalue weighted by molar-refractivity contribution is 5.93. The van der Waals surface area contributed by atoms with Crippen LogP contribution >= 0.6 is 0 Å². The Morgan fingerprint density at radius 2 is 1.93 bits per heavy atom. The fourth-order valence-corrected chi connectivity index (χ4v) is 3.71. The number of hydrogen-bond donors (Lipinski definition) is 1. The maximum absolute atomic E-state index is 14.1. The Morgan fingerprint density at radius 3 is 2.55 bits per heavy atom.